The summed E-state index contributed by atoms with van der Waals surface area (Å²) in [6.07, 6.45) is 8.01. The summed E-state index contributed by atoms with van der Waals surface area (Å²) in [4.78, 5) is 2.54. The van der Waals surface area contributed by atoms with Crippen molar-refractivity contribution in [2.75, 3.05) is 4.90 Å². The Morgan fingerprint density at radius 2 is 0.919 bits per heavy atom. The second-order valence-electron chi connectivity index (χ2n) is 23.4. The van der Waals surface area contributed by atoms with E-state index in [2.05, 4.69) is 272 Å². The topological polar surface area (TPSA) is 21.7 Å². The van der Waals surface area contributed by atoms with Gasteiger partial charge in [0.25, 0.3) is 0 Å². The monoisotopic (exact) mass is 957 g/mol. The summed E-state index contributed by atoms with van der Waals surface area (Å²) in [5.41, 5.74) is 20.1. The van der Waals surface area contributed by atoms with Crippen LogP contribution in [0, 0.1) is 0 Å². The highest BCUT2D eigenvalue weighted by Gasteiger charge is 2.60. The molecule has 2 aliphatic heterocycles. The summed E-state index contributed by atoms with van der Waals surface area (Å²) in [7, 11) is 0. The molecule has 0 fully saturated rings. The molecule has 74 heavy (non-hydrogen) atoms. The first kappa shape index (κ1) is 44.6. The molecular formula is C71H59NO2. The zero-order valence-electron chi connectivity index (χ0n) is 43.3. The zero-order chi connectivity index (χ0) is 50.4. The lowest BCUT2D eigenvalue weighted by Crippen LogP contribution is -2.37. The van der Waals surface area contributed by atoms with Gasteiger partial charge in [-0.2, -0.15) is 0 Å². The summed E-state index contributed by atoms with van der Waals surface area (Å²) in [6, 6.07) is 74.8. The Labute approximate surface area is 436 Å². The quantitative estimate of drug-likeness (QED) is 0.175. The highest BCUT2D eigenvalue weighted by Crippen LogP contribution is 2.68. The zero-order valence-corrected chi connectivity index (χ0v) is 43.3. The number of allylic oxidation sites excluding steroid dienone is 4. The molecule has 0 saturated heterocycles. The Morgan fingerprint density at radius 3 is 1.55 bits per heavy atom. The lowest BCUT2D eigenvalue weighted by atomic mass is 9.61. The highest BCUT2D eigenvalue weighted by atomic mass is 16.5. The minimum atomic E-state index is -0.667. The van der Waals surface area contributed by atoms with Gasteiger partial charge in [0.2, 0.25) is 0 Å². The SMILES string of the molecule is CC(C)(C)c1ccc2c(c1)C1(C3=CC=CCC3(C)c3ccc(N(c4ccc5c(c4)C4(c6ccccc6Oc6ccccc64)c4ccccc4-5)c4ccccc4-c4ccccc4)cc31)c1cc(C(C)(C)C)ccc1O2. The predicted octanol–water partition coefficient (Wildman–Crippen LogP) is 18.5. The van der Waals surface area contributed by atoms with Crippen LogP contribution in [0.2, 0.25) is 0 Å². The average molecular weight is 958 g/mol. The van der Waals surface area contributed by atoms with Gasteiger partial charge in [-0.05, 0) is 140 Å². The third-order valence-corrected chi connectivity index (χ3v) is 17.2. The molecule has 0 saturated carbocycles. The Balaban J connectivity index is 1.09. The van der Waals surface area contributed by atoms with E-state index in [1.165, 1.54) is 61.2 Å². The van der Waals surface area contributed by atoms with Gasteiger partial charge in [-0.15, -0.1) is 0 Å². The summed E-state index contributed by atoms with van der Waals surface area (Å²) in [5.74, 6) is 3.60. The first-order valence-electron chi connectivity index (χ1n) is 26.4. The van der Waals surface area contributed by atoms with E-state index in [9.17, 15) is 0 Å². The lowest BCUT2D eigenvalue weighted by Gasteiger charge is -2.44. The van der Waals surface area contributed by atoms with Crippen molar-refractivity contribution in [1.82, 2.24) is 0 Å². The normalized spacial score (nSPS) is 17.6. The second kappa shape index (κ2) is 15.7. The predicted molar refractivity (Wildman–Crippen MR) is 303 cm³/mol. The lowest BCUT2D eigenvalue weighted by molar-refractivity contribution is 0.422. The van der Waals surface area contributed by atoms with Crippen LogP contribution in [-0.4, -0.2) is 0 Å². The van der Waals surface area contributed by atoms with Gasteiger partial charge < -0.3 is 14.4 Å². The number of ether oxygens (including phenoxy) is 2. The number of para-hydroxylation sites is 3. The molecule has 2 heterocycles. The molecule has 3 nitrogen and oxygen atoms in total. The van der Waals surface area contributed by atoms with E-state index in [1.54, 1.807) is 0 Å². The minimum Gasteiger partial charge on any atom is -0.457 e. The molecule has 360 valence electrons. The van der Waals surface area contributed by atoms with Gasteiger partial charge >= 0.3 is 0 Å². The Kier molecular flexibility index (Phi) is 9.44. The largest absolute Gasteiger partial charge is 0.457 e. The molecule has 5 aliphatic rings. The van der Waals surface area contributed by atoms with Gasteiger partial charge in [-0.25, -0.2) is 0 Å². The molecule has 3 heteroatoms. The van der Waals surface area contributed by atoms with Crippen LogP contribution in [0.3, 0.4) is 0 Å². The van der Waals surface area contributed by atoms with E-state index < -0.39 is 10.8 Å². The molecule has 0 N–H and O–H groups in total. The van der Waals surface area contributed by atoms with Crippen molar-refractivity contribution >= 4 is 17.1 Å². The molecule has 0 radical (unpaired) electrons. The Morgan fingerprint density at radius 1 is 0.405 bits per heavy atom. The molecule has 14 rings (SSSR count). The van der Waals surface area contributed by atoms with Crippen molar-refractivity contribution < 1.29 is 9.47 Å². The molecule has 0 bridgehead atoms. The molecular weight excluding hydrogens is 899 g/mol. The summed E-state index contributed by atoms with van der Waals surface area (Å²) >= 11 is 0. The van der Waals surface area contributed by atoms with Gasteiger partial charge in [0.15, 0.2) is 0 Å². The van der Waals surface area contributed by atoms with Gasteiger partial charge in [-0.1, -0.05) is 200 Å². The van der Waals surface area contributed by atoms with Crippen LogP contribution in [-0.2, 0) is 27.1 Å². The fourth-order valence-corrected chi connectivity index (χ4v) is 13.7. The molecule has 2 spiro atoms. The van der Waals surface area contributed by atoms with Crippen molar-refractivity contribution in [2.24, 2.45) is 0 Å². The van der Waals surface area contributed by atoms with E-state index in [4.69, 9.17) is 9.47 Å². The van der Waals surface area contributed by atoms with Crippen molar-refractivity contribution in [3.05, 3.63) is 280 Å². The Bertz CT molecular complexity index is 3770. The highest BCUT2D eigenvalue weighted by molar-refractivity contribution is 5.94. The van der Waals surface area contributed by atoms with E-state index in [1.807, 2.05) is 0 Å². The maximum absolute atomic E-state index is 7.12. The third-order valence-electron chi connectivity index (χ3n) is 17.2. The molecule has 9 aromatic carbocycles. The molecule has 9 aromatic rings. The molecule has 0 aromatic heterocycles. The van der Waals surface area contributed by atoms with E-state index in [-0.39, 0.29) is 16.2 Å². The number of rotatable bonds is 4. The van der Waals surface area contributed by atoms with Crippen LogP contribution in [0.4, 0.5) is 17.1 Å². The average Bonchev–Trinajstić information content (AvgIpc) is 3.96. The van der Waals surface area contributed by atoms with Crippen molar-refractivity contribution in [1.29, 1.82) is 0 Å². The van der Waals surface area contributed by atoms with Gasteiger partial charge in [0.1, 0.15) is 23.0 Å². The fourth-order valence-electron chi connectivity index (χ4n) is 13.7. The summed E-state index contributed by atoms with van der Waals surface area (Å²) in [5, 5.41) is 0. The van der Waals surface area contributed by atoms with E-state index >= 15 is 0 Å². The summed E-state index contributed by atoms with van der Waals surface area (Å²) in [6.45, 7) is 16.4. The Hall–Kier alpha value is -8.14. The van der Waals surface area contributed by atoms with Crippen molar-refractivity contribution in [3.8, 4) is 45.3 Å². The van der Waals surface area contributed by atoms with Gasteiger partial charge in [0.05, 0.1) is 16.5 Å². The van der Waals surface area contributed by atoms with Gasteiger partial charge in [-0.3, -0.25) is 0 Å². The summed E-state index contributed by atoms with van der Waals surface area (Å²) < 4.78 is 13.9. The van der Waals surface area contributed by atoms with Crippen molar-refractivity contribution in [3.63, 3.8) is 0 Å². The number of anilines is 3. The number of hydrogen-bond donors (Lipinski definition) is 0. The number of fused-ring (bicyclic) bond motifs is 18. The van der Waals surface area contributed by atoms with Crippen LogP contribution in [0.5, 0.6) is 23.0 Å². The van der Waals surface area contributed by atoms with Crippen LogP contribution in [0.1, 0.15) is 111 Å². The number of hydrogen-bond acceptors (Lipinski definition) is 3. The minimum absolute atomic E-state index is 0.0921. The van der Waals surface area contributed by atoms with Gasteiger partial charge in [0, 0.05) is 44.6 Å². The molecule has 1 unspecified atom stereocenters. The standard InChI is InChI=1S/C71H59NO2/c1-67(2,3)46-32-38-64-59(41-46)71(60-42-47(68(4,5)6)33-39-65(60)74-64)58-44-49(35-37-54(58)69(7)40-20-19-31-66(69)71)72(61-28-16-12-23-50(61)45-21-9-8-10-22-45)48-34-36-52-51-24-11-13-25-53(51)70(57(52)43-48)55-26-14-17-29-62(55)73-63-30-18-15-27-56(63)70/h8-39,41-44H,40H2,1-7H3. The maximum Gasteiger partial charge on any atom is 0.132 e. The molecule has 1 atom stereocenters. The second-order valence-corrected chi connectivity index (χ2v) is 23.4. The van der Waals surface area contributed by atoms with Crippen LogP contribution in [0.25, 0.3) is 22.3 Å². The third kappa shape index (κ3) is 6.07. The van der Waals surface area contributed by atoms with E-state index in [0.717, 1.165) is 68.7 Å². The van der Waals surface area contributed by atoms with Crippen LogP contribution in [0.15, 0.2) is 224 Å². The smallest absolute Gasteiger partial charge is 0.132 e. The first-order valence-corrected chi connectivity index (χ1v) is 26.4. The van der Waals surface area contributed by atoms with E-state index in [0.29, 0.717) is 0 Å². The van der Waals surface area contributed by atoms with Crippen LogP contribution < -0.4 is 14.4 Å². The number of nitrogens with zero attached hydrogens (tertiary/aromatic N) is 1. The first-order chi connectivity index (χ1) is 35.8. The maximum atomic E-state index is 7.12. The van der Waals surface area contributed by atoms with Crippen LogP contribution >= 0.6 is 0 Å². The van der Waals surface area contributed by atoms with Crippen molar-refractivity contribution in [2.45, 2.75) is 82.0 Å². The molecule has 0 amide bonds. The fraction of sp³-hybridized carbons (Fsp3) is 0.183. The molecule has 3 aliphatic carbocycles. The number of benzene rings is 9.